The van der Waals surface area contributed by atoms with Gasteiger partial charge in [0.15, 0.2) is 0 Å². The van der Waals surface area contributed by atoms with E-state index in [9.17, 15) is 13.2 Å². The van der Waals surface area contributed by atoms with Crippen molar-refractivity contribution in [3.8, 4) is 0 Å². The Morgan fingerprint density at radius 3 is 2.63 bits per heavy atom. The predicted molar refractivity (Wildman–Crippen MR) is 102 cm³/mol. The number of rotatable bonds is 3. The van der Waals surface area contributed by atoms with Crippen LogP contribution in [0.15, 0.2) is 55.0 Å². The summed E-state index contributed by atoms with van der Waals surface area (Å²) in [4.78, 5) is 8.35. The van der Waals surface area contributed by atoms with Crippen molar-refractivity contribution in [1.82, 2.24) is 9.88 Å². The first-order valence-corrected chi connectivity index (χ1v) is 9.07. The van der Waals surface area contributed by atoms with Crippen LogP contribution in [0.5, 0.6) is 0 Å². The Kier molecular flexibility index (Phi) is 5.85. The molecule has 1 aromatic carbocycles. The van der Waals surface area contributed by atoms with Gasteiger partial charge in [-0.3, -0.25) is 4.98 Å². The molecule has 6 heteroatoms. The van der Waals surface area contributed by atoms with Gasteiger partial charge in [0, 0.05) is 43.4 Å². The number of fused-ring (bicyclic) bond motifs is 1. The number of pyridine rings is 1. The number of anilines is 1. The smallest absolute Gasteiger partial charge is 0.345 e. The summed E-state index contributed by atoms with van der Waals surface area (Å²) in [5, 5.41) is 0. The van der Waals surface area contributed by atoms with E-state index in [1.807, 2.05) is 25.4 Å². The second-order valence-electron chi connectivity index (χ2n) is 6.97. The molecule has 0 spiro atoms. The molecular formula is C21H24F3N3. The van der Waals surface area contributed by atoms with Crippen LogP contribution in [0.2, 0.25) is 0 Å². The van der Waals surface area contributed by atoms with Crippen LogP contribution in [-0.4, -0.2) is 36.6 Å². The van der Waals surface area contributed by atoms with Gasteiger partial charge in [0.2, 0.25) is 0 Å². The van der Waals surface area contributed by atoms with Crippen LogP contribution in [-0.2, 0) is 19.0 Å². The zero-order valence-electron chi connectivity index (χ0n) is 15.5. The highest BCUT2D eigenvalue weighted by Crippen LogP contribution is 2.35. The number of alkyl halides is 3. The Morgan fingerprint density at radius 2 is 1.93 bits per heavy atom. The van der Waals surface area contributed by atoms with Gasteiger partial charge in [0.05, 0.1) is 5.56 Å². The zero-order chi connectivity index (χ0) is 19.4. The number of benzene rings is 1. The molecule has 0 fully saturated rings. The molecule has 1 aliphatic rings. The maximum absolute atomic E-state index is 13.2. The van der Waals surface area contributed by atoms with Gasteiger partial charge < -0.3 is 9.80 Å². The van der Waals surface area contributed by atoms with Gasteiger partial charge >= 0.3 is 6.18 Å². The lowest BCUT2D eigenvalue weighted by Gasteiger charge is -2.29. The third kappa shape index (κ3) is 4.89. The predicted octanol–water partition coefficient (Wildman–Crippen LogP) is 4.54. The average Bonchev–Trinajstić information content (AvgIpc) is 2.70. The third-order valence-corrected chi connectivity index (χ3v) is 4.97. The summed E-state index contributed by atoms with van der Waals surface area (Å²) < 4.78 is 39.6. The van der Waals surface area contributed by atoms with Crippen molar-refractivity contribution in [2.75, 3.05) is 31.6 Å². The van der Waals surface area contributed by atoms with E-state index in [-0.39, 0.29) is 0 Å². The minimum Gasteiger partial charge on any atom is -0.345 e. The van der Waals surface area contributed by atoms with Crippen LogP contribution in [0.4, 0.5) is 18.9 Å². The molecule has 3 rings (SSSR count). The fourth-order valence-electron chi connectivity index (χ4n) is 3.34. The lowest BCUT2D eigenvalue weighted by molar-refractivity contribution is -0.137. The van der Waals surface area contributed by atoms with Gasteiger partial charge in [0.1, 0.15) is 0 Å². The Balaban J connectivity index is 1.94. The van der Waals surface area contributed by atoms with Crippen molar-refractivity contribution in [1.29, 1.82) is 0 Å². The molecule has 0 atom stereocenters. The molecular weight excluding hydrogens is 351 g/mol. The highest BCUT2D eigenvalue weighted by molar-refractivity contribution is 5.59. The average molecular weight is 375 g/mol. The minimum atomic E-state index is -4.34. The summed E-state index contributed by atoms with van der Waals surface area (Å²) >= 11 is 0. The van der Waals surface area contributed by atoms with Gasteiger partial charge in [-0.05, 0) is 61.7 Å². The Morgan fingerprint density at radius 1 is 1.15 bits per heavy atom. The fraction of sp³-hybridized carbons (Fsp3) is 0.381. The van der Waals surface area contributed by atoms with E-state index in [2.05, 4.69) is 21.4 Å². The lowest BCUT2D eigenvalue weighted by atomic mass is 10.0. The molecule has 3 nitrogen and oxygen atoms in total. The van der Waals surface area contributed by atoms with Gasteiger partial charge in [-0.1, -0.05) is 12.6 Å². The summed E-state index contributed by atoms with van der Waals surface area (Å²) in [5.74, 6) is 0. The van der Waals surface area contributed by atoms with Crippen molar-refractivity contribution in [2.45, 2.75) is 25.4 Å². The van der Waals surface area contributed by atoms with Crippen LogP contribution in [0, 0.1) is 0 Å². The van der Waals surface area contributed by atoms with E-state index in [1.165, 1.54) is 12.1 Å². The summed E-state index contributed by atoms with van der Waals surface area (Å²) in [6.07, 6.45) is 1.32. The molecule has 1 aliphatic heterocycles. The van der Waals surface area contributed by atoms with E-state index < -0.39 is 11.7 Å². The van der Waals surface area contributed by atoms with Crippen molar-refractivity contribution < 1.29 is 13.2 Å². The number of hydrogen-bond donors (Lipinski definition) is 0. The quantitative estimate of drug-likeness (QED) is 0.785. The van der Waals surface area contributed by atoms with E-state index in [1.54, 1.807) is 12.3 Å². The van der Waals surface area contributed by atoms with Crippen molar-refractivity contribution in [3.63, 3.8) is 0 Å². The Hall–Kier alpha value is -2.34. The molecule has 0 saturated heterocycles. The molecule has 0 bridgehead atoms. The van der Waals surface area contributed by atoms with Crippen LogP contribution >= 0.6 is 0 Å². The first-order valence-electron chi connectivity index (χ1n) is 9.07. The molecule has 27 heavy (non-hydrogen) atoms. The molecule has 0 N–H and O–H groups in total. The van der Waals surface area contributed by atoms with Gasteiger partial charge in [-0.15, -0.1) is 0 Å². The monoisotopic (exact) mass is 375 g/mol. The fourth-order valence-corrected chi connectivity index (χ4v) is 3.34. The topological polar surface area (TPSA) is 19.4 Å². The van der Waals surface area contributed by atoms with Gasteiger partial charge in [-0.2, -0.15) is 13.2 Å². The third-order valence-electron chi connectivity index (χ3n) is 4.97. The molecule has 1 aromatic heterocycles. The van der Waals surface area contributed by atoms with Crippen LogP contribution in [0.25, 0.3) is 0 Å². The molecule has 0 saturated carbocycles. The SMILES string of the molecule is C=C1CCN(C)CCc2cc(C(F)(F)F)ccc2N1CCc1cccnc1. The number of hydrogen-bond acceptors (Lipinski definition) is 3. The number of halogens is 3. The first kappa shape index (κ1) is 19.4. The van der Waals surface area contributed by atoms with E-state index in [4.69, 9.17) is 0 Å². The normalized spacial score (nSPS) is 16.4. The summed E-state index contributed by atoms with van der Waals surface area (Å²) in [5.41, 5.74) is 2.96. The van der Waals surface area contributed by atoms with E-state index in [0.717, 1.165) is 42.9 Å². The minimum absolute atomic E-state index is 0.576. The van der Waals surface area contributed by atoms with Gasteiger partial charge in [0.25, 0.3) is 0 Å². The molecule has 144 valence electrons. The van der Waals surface area contributed by atoms with E-state index in [0.29, 0.717) is 18.5 Å². The lowest BCUT2D eigenvalue weighted by Crippen LogP contribution is -2.27. The van der Waals surface area contributed by atoms with Gasteiger partial charge in [-0.25, -0.2) is 0 Å². The standard InChI is InChI=1S/C21H24F3N3/c1-16-7-11-26(2)12-9-18-14-19(21(22,23)24)5-6-20(18)27(16)13-8-17-4-3-10-25-15-17/h3-6,10,14-15H,1,7-9,11-13H2,2H3. The number of nitrogens with zero attached hydrogens (tertiary/aromatic N) is 3. The maximum Gasteiger partial charge on any atom is 0.416 e. The van der Waals surface area contributed by atoms with Crippen LogP contribution in [0.3, 0.4) is 0 Å². The molecule has 0 amide bonds. The Bertz CT molecular complexity index is 787. The molecule has 0 unspecified atom stereocenters. The summed E-state index contributed by atoms with van der Waals surface area (Å²) in [6.45, 7) is 6.43. The molecule has 0 radical (unpaired) electrons. The molecule has 2 aromatic rings. The largest absolute Gasteiger partial charge is 0.416 e. The first-order chi connectivity index (χ1) is 12.8. The highest BCUT2D eigenvalue weighted by atomic mass is 19.4. The molecule has 2 heterocycles. The maximum atomic E-state index is 13.2. The van der Waals surface area contributed by atoms with Crippen molar-refractivity contribution in [3.05, 3.63) is 71.7 Å². The van der Waals surface area contributed by atoms with Crippen LogP contribution in [0.1, 0.15) is 23.1 Å². The van der Waals surface area contributed by atoms with Crippen molar-refractivity contribution >= 4 is 5.69 Å². The summed E-state index contributed by atoms with van der Waals surface area (Å²) in [6, 6.07) is 7.95. The second kappa shape index (κ2) is 8.13. The summed E-state index contributed by atoms with van der Waals surface area (Å²) in [7, 11) is 1.99. The highest BCUT2D eigenvalue weighted by Gasteiger charge is 2.31. The zero-order valence-corrected chi connectivity index (χ0v) is 15.5. The molecule has 0 aliphatic carbocycles. The second-order valence-corrected chi connectivity index (χ2v) is 6.97. The number of aromatic nitrogens is 1. The van der Waals surface area contributed by atoms with Crippen molar-refractivity contribution in [2.24, 2.45) is 0 Å². The number of likely N-dealkylation sites (N-methyl/N-ethyl adjacent to an activating group) is 1. The Labute approximate surface area is 158 Å². The van der Waals surface area contributed by atoms with E-state index >= 15 is 0 Å². The van der Waals surface area contributed by atoms with Crippen LogP contribution < -0.4 is 4.90 Å².